The van der Waals surface area contributed by atoms with Crippen LogP contribution >= 0.6 is 0 Å². The first-order valence-corrected chi connectivity index (χ1v) is 7.46. The number of carbonyl (C=O) groups excluding carboxylic acids is 1. The summed E-state index contributed by atoms with van der Waals surface area (Å²) < 4.78 is 24.6. The van der Waals surface area contributed by atoms with Gasteiger partial charge in [0.25, 0.3) is 0 Å². The molecule has 0 aliphatic heterocycles. The van der Waals surface area contributed by atoms with Crippen LogP contribution in [0.25, 0.3) is 0 Å². The molecule has 1 atom stereocenters. The van der Waals surface area contributed by atoms with Gasteiger partial charge in [-0.25, -0.2) is 8.42 Å². The standard InChI is InChI=1S/C14H20O3S/c1-10-6-8-12(9-7-10)18(16,17)11(2)13(15)14(3,4)5/h6-9,11H,1-5H3. The summed E-state index contributed by atoms with van der Waals surface area (Å²) in [7, 11) is -3.59. The van der Waals surface area contributed by atoms with Crippen molar-refractivity contribution < 1.29 is 13.2 Å². The average Bonchev–Trinajstić information content (AvgIpc) is 2.26. The molecular weight excluding hydrogens is 248 g/mol. The highest BCUT2D eigenvalue weighted by Gasteiger charge is 2.35. The minimum atomic E-state index is -3.59. The van der Waals surface area contributed by atoms with E-state index in [1.54, 1.807) is 45.0 Å². The van der Waals surface area contributed by atoms with E-state index in [-0.39, 0.29) is 10.7 Å². The Morgan fingerprint density at radius 3 is 1.94 bits per heavy atom. The van der Waals surface area contributed by atoms with Gasteiger partial charge in [-0.05, 0) is 26.0 Å². The third-order valence-corrected chi connectivity index (χ3v) is 5.00. The molecule has 0 spiro atoms. The molecule has 100 valence electrons. The van der Waals surface area contributed by atoms with Gasteiger partial charge in [0.1, 0.15) is 5.25 Å². The van der Waals surface area contributed by atoms with Gasteiger partial charge in [-0.2, -0.15) is 0 Å². The number of hydrogen-bond acceptors (Lipinski definition) is 3. The van der Waals surface area contributed by atoms with Gasteiger partial charge in [-0.3, -0.25) is 4.79 Å². The summed E-state index contributed by atoms with van der Waals surface area (Å²) >= 11 is 0. The predicted molar refractivity (Wildman–Crippen MR) is 72.3 cm³/mol. The lowest BCUT2D eigenvalue weighted by Crippen LogP contribution is -2.36. The Bertz CT molecular complexity index is 533. The molecule has 0 aromatic heterocycles. The zero-order chi connectivity index (χ0) is 14.1. The maximum Gasteiger partial charge on any atom is 0.188 e. The average molecular weight is 268 g/mol. The lowest BCUT2D eigenvalue weighted by Gasteiger charge is -2.21. The van der Waals surface area contributed by atoms with Crippen molar-refractivity contribution in [2.75, 3.05) is 0 Å². The SMILES string of the molecule is Cc1ccc(S(=O)(=O)C(C)C(=O)C(C)(C)C)cc1. The van der Waals surface area contributed by atoms with Gasteiger partial charge in [0.05, 0.1) is 4.90 Å². The molecule has 1 aromatic rings. The van der Waals surface area contributed by atoms with Crippen molar-refractivity contribution in [1.82, 2.24) is 0 Å². The van der Waals surface area contributed by atoms with E-state index in [0.717, 1.165) is 5.56 Å². The molecule has 0 amide bonds. The molecule has 1 unspecified atom stereocenters. The second kappa shape index (κ2) is 4.84. The summed E-state index contributed by atoms with van der Waals surface area (Å²) in [5, 5.41) is -1.01. The minimum Gasteiger partial charge on any atom is -0.298 e. The van der Waals surface area contributed by atoms with Crippen LogP contribution in [0, 0.1) is 12.3 Å². The van der Waals surface area contributed by atoms with E-state index in [1.165, 1.54) is 6.92 Å². The highest BCUT2D eigenvalue weighted by molar-refractivity contribution is 7.92. The van der Waals surface area contributed by atoms with E-state index >= 15 is 0 Å². The van der Waals surface area contributed by atoms with Crippen molar-refractivity contribution in [3.8, 4) is 0 Å². The summed E-state index contributed by atoms with van der Waals surface area (Å²) in [5.41, 5.74) is 0.334. The molecule has 18 heavy (non-hydrogen) atoms. The number of aryl methyl sites for hydroxylation is 1. The number of benzene rings is 1. The summed E-state index contributed by atoms with van der Waals surface area (Å²) in [6.45, 7) is 8.55. The van der Waals surface area contributed by atoms with Crippen LogP contribution in [-0.2, 0) is 14.6 Å². The topological polar surface area (TPSA) is 51.2 Å². The van der Waals surface area contributed by atoms with E-state index in [9.17, 15) is 13.2 Å². The van der Waals surface area contributed by atoms with Crippen LogP contribution in [0.1, 0.15) is 33.3 Å². The number of sulfone groups is 1. The van der Waals surface area contributed by atoms with Crippen molar-refractivity contribution in [3.05, 3.63) is 29.8 Å². The van der Waals surface area contributed by atoms with E-state index in [4.69, 9.17) is 0 Å². The Hall–Kier alpha value is -1.16. The number of Topliss-reactive ketones (excluding diaryl/α,β-unsaturated/α-hetero) is 1. The van der Waals surface area contributed by atoms with Gasteiger partial charge < -0.3 is 0 Å². The third kappa shape index (κ3) is 2.99. The van der Waals surface area contributed by atoms with Gasteiger partial charge in [0, 0.05) is 5.41 Å². The molecular formula is C14H20O3S. The highest BCUT2D eigenvalue weighted by Crippen LogP contribution is 2.24. The number of ketones is 1. The fourth-order valence-electron chi connectivity index (χ4n) is 1.68. The summed E-state index contributed by atoms with van der Waals surface area (Å²) in [4.78, 5) is 12.3. The van der Waals surface area contributed by atoms with Crippen LogP contribution < -0.4 is 0 Å². The first kappa shape index (κ1) is 14.9. The normalized spacial score (nSPS) is 14.3. The van der Waals surface area contributed by atoms with Gasteiger partial charge in [-0.1, -0.05) is 38.5 Å². The van der Waals surface area contributed by atoms with Crippen LogP contribution in [0.15, 0.2) is 29.2 Å². The molecule has 3 nitrogen and oxygen atoms in total. The first-order chi connectivity index (χ1) is 8.06. The Morgan fingerprint density at radius 1 is 1.11 bits per heavy atom. The van der Waals surface area contributed by atoms with Crippen molar-refractivity contribution in [2.45, 2.75) is 44.8 Å². The summed E-state index contributed by atoms with van der Waals surface area (Å²) in [5.74, 6) is -0.261. The zero-order valence-corrected chi connectivity index (χ0v) is 12.3. The smallest absolute Gasteiger partial charge is 0.188 e. The van der Waals surface area contributed by atoms with Gasteiger partial charge in [0.2, 0.25) is 0 Å². The summed E-state index contributed by atoms with van der Waals surface area (Å²) in [6.07, 6.45) is 0. The van der Waals surface area contributed by atoms with Gasteiger partial charge in [-0.15, -0.1) is 0 Å². The molecule has 0 N–H and O–H groups in total. The Labute approximate surface area is 109 Å². The number of carbonyl (C=O) groups is 1. The molecule has 0 saturated carbocycles. The van der Waals surface area contributed by atoms with E-state index in [1.807, 2.05) is 6.92 Å². The molecule has 0 bridgehead atoms. The Balaban J connectivity index is 3.15. The molecule has 0 saturated heterocycles. The Kier molecular flexibility index (Phi) is 4.01. The van der Waals surface area contributed by atoms with E-state index < -0.39 is 20.5 Å². The largest absolute Gasteiger partial charge is 0.298 e. The van der Waals surface area contributed by atoms with Crippen LogP contribution in [0.5, 0.6) is 0 Å². The van der Waals surface area contributed by atoms with E-state index in [2.05, 4.69) is 0 Å². The lowest BCUT2D eigenvalue weighted by atomic mass is 9.89. The fraction of sp³-hybridized carbons (Fsp3) is 0.500. The highest BCUT2D eigenvalue weighted by atomic mass is 32.2. The molecule has 0 aliphatic carbocycles. The van der Waals surface area contributed by atoms with Crippen LogP contribution in [-0.4, -0.2) is 19.5 Å². The van der Waals surface area contributed by atoms with Crippen molar-refractivity contribution in [2.24, 2.45) is 5.41 Å². The second-order valence-corrected chi connectivity index (χ2v) is 7.88. The van der Waals surface area contributed by atoms with Gasteiger partial charge in [0.15, 0.2) is 15.6 Å². The van der Waals surface area contributed by atoms with Gasteiger partial charge >= 0.3 is 0 Å². The molecule has 0 fully saturated rings. The summed E-state index contributed by atoms with van der Waals surface area (Å²) in [6, 6.07) is 6.58. The fourth-order valence-corrected chi connectivity index (χ4v) is 3.24. The molecule has 1 aromatic carbocycles. The molecule has 1 rings (SSSR count). The zero-order valence-electron chi connectivity index (χ0n) is 11.5. The third-order valence-electron chi connectivity index (χ3n) is 2.92. The molecule has 0 heterocycles. The quantitative estimate of drug-likeness (QED) is 0.847. The van der Waals surface area contributed by atoms with Crippen molar-refractivity contribution >= 4 is 15.6 Å². The number of hydrogen-bond donors (Lipinski definition) is 0. The maximum absolute atomic E-state index is 12.3. The van der Waals surface area contributed by atoms with Crippen LogP contribution in [0.2, 0.25) is 0 Å². The van der Waals surface area contributed by atoms with Crippen molar-refractivity contribution in [1.29, 1.82) is 0 Å². The Morgan fingerprint density at radius 2 is 1.56 bits per heavy atom. The van der Waals surface area contributed by atoms with Crippen molar-refractivity contribution in [3.63, 3.8) is 0 Å². The molecule has 0 radical (unpaired) electrons. The van der Waals surface area contributed by atoms with E-state index in [0.29, 0.717) is 0 Å². The van der Waals surface area contributed by atoms with Crippen LogP contribution in [0.4, 0.5) is 0 Å². The number of rotatable bonds is 3. The predicted octanol–water partition coefficient (Wildman–Crippen LogP) is 2.77. The molecule has 0 aliphatic rings. The minimum absolute atomic E-state index is 0.207. The second-order valence-electron chi connectivity index (χ2n) is 5.61. The first-order valence-electron chi connectivity index (χ1n) is 5.91. The van der Waals surface area contributed by atoms with Crippen LogP contribution in [0.3, 0.4) is 0 Å². The maximum atomic E-state index is 12.3. The molecule has 4 heteroatoms. The lowest BCUT2D eigenvalue weighted by molar-refractivity contribution is -0.125. The monoisotopic (exact) mass is 268 g/mol.